The van der Waals surface area contributed by atoms with E-state index in [-0.39, 0.29) is 40.3 Å². The molecular formula is C24H33N3O7S2. The summed E-state index contributed by atoms with van der Waals surface area (Å²) in [5.41, 5.74) is 0.116. The summed E-state index contributed by atoms with van der Waals surface area (Å²) in [6.45, 7) is 4.64. The molecule has 2 aromatic carbocycles. The average Bonchev–Trinajstić information content (AvgIpc) is 2.86. The summed E-state index contributed by atoms with van der Waals surface area (Å²) >= 11 is 0. The molecule has 1 aliphatic rings. The first kappa shape index (κ1) is 27.9. The summed E-state index contributed by atoms with van der Waals surface area (Å²) in [7, 11) is -6.04. The molecule has 0 bridgehead atoms. The predicted octanol–water partition coefficient (Wildman–Crippen LogP) is 2.37. The number of amides is 1. The molecule has 3 rings (SSSR count). The van der Waals surface area contributed by atoms with Crippen LogP contribution in [-0.4, -0.2) is 66.4 Å². The van der Waals surface area contributed by atoms with Crippen LogP contribution >= 0.6 is 0 Å². The van der Waals surface area contributed by atoms with E-state index in [0.717, 1.165) is 19.3 Å². The van der Waals surface area contributed by atoms with Crippen LogP contribution in [0.15, 0.2) is 52.3 Å². The van der Waals surface area contributed by atoms with Gasteiger partial charge >= 0.3 is 0 Å². The van der Waals surface area contributed by atoms with E-state index in [1.54, 1.807) is 26.0 Å². The van der Waals surface area contributed by atoms with Crippen molar-refractivity contribution in [3.8, 4) is 11.5 Å². The fourth-order valence-electron chi connectivity index (χ4n) is 3.76. The molecule has 0 unspecified atom stereocenters. The fourth-order valence-corrected chi connectivity index (χ4v) is 6.32. The van der Waals surface area contributed by atoms with Crippen LogP contribution in [0.25, 0.3) is 0 Å². The molecule has 0 aliphatic carbocycles. The molecule has 0 radical (unpaired) electrons. The number of benzene rings is 2. The summed E-state index contributed by atoms with van der Waals surface area (Å²) in [4.78, 5) is 12.6. The van der Waals surface area contributed by atoms with Gasteiger partial charge in [0.05, 0.1) is 22.5 Å². The second-order valence-electron chi connectivity index (χ2n) is 8.67. The first-order valence-electron chi connectivity index (χ1n) is 11.8. The lowest BCUT2D eigenvalue weighted by Crippen LogP contribution is -2.35. The Labute approximate surface area is 213 Å². The van der Waals surface area contributed by atoms with Crippen molar-refractivity contribution < 1.29 is 31.1 Å². The Hall–Kier alpha value is -2.67. The number of carbonyl (C=O) groups excluding carboxylic acids is 1. The molecule has 0 aromatic heterocycles. The Kier molecular flexibility index (Phi) is 9.34. The molecule has 1 heterocycles. The number of methoxy groups -OCH3 is 1. The Morgan fingerprint density at radius 2 is 1.61 bits per heavy atom. The van der Waals surface area contributed by atoms with Gasteiger partial charge in [-0.3, -0.25) is 4.79 Å². The monoisotopic (exact) mass is 539 g/mol. The van der Waals surface area contributed by atoms with Crippen LogP contribution in [0.1, 0.15) is 43.5 Å². The lowest BCUT2D eigenvalue weighted by molar-refractivity contribution is 0.0940. The van der Waals surface area contributed by atoms with E-state index in [2.05, 4.69) is 10.0 Å². The van der Waals surface area contributed by atoms with Crippen molar-refractivity contribution in [1.82, 2.24) is 14.3 Å². The van der Waals surface area contributed by atoms with E-state index in [0.29, 0.717) is 18.8 Å². The maximum Gasteiger partial charge on any atom is 0.255 e. The number of hydrogen-bond acceptors (Lipinski definition) is 7. The molecule has 2 N–H and O–H groups in total. The molecule has 1 aliphatic heterocycles. The van der Waals surface area contributed by atoms with Crippen molar-refractivity contribution in [2.75, 3.05) is 33.4 Å². The molecule has 0 saturated carbocycles. The van der Waals surface area contributed by atoms with Crippen molar-refractivity contribution in [1.29, 1.82) is 0 Å². The lowest BCUT2D eigenvalue weighted by atomic mass is 10.2. The maximum absolute atomic E-state index is 12.7. The Morgan fingerprint density at radius 1 is 0.972 bits per heavy atom. The minimum absolute atomic E-state index is 0.0221. The van der Waals surface area contributed by atoms with Crippen molar-refractivity contribution >= 4 is 26.0 Å². The average molecular weight is 540 g/mol. The van der Waals surface area contributed by atoms with Crippen LogP contribution in [0.3, 0.4) is 0 Å². The van der Waals surface area contributed by atoms with Crippen LogP contribution in [0.2, 0.25) is 0 Å². The molecule has 2 aromatic rings. The number of ether oxygens (including phenoxy) is 2. The third-order valence-electron chi connectivity index (χ3n) is 5.59. The fraction of sp³-hybridized carbons (Fsp3) is 0.458. The zero-order valence-electron chi connectivity index (χ0n) is 20.7. The Balaban J connectivity index is 1.58. The van der Waals surface area contributed by atoms with Gasteiger partial charge in [0.2, 0.25) is 20.0 Å². The Bertz CT molecular complexity index is 1260. The normalized spacial score (nSPS) is 15.0. The first-order chi connectivity index (χ1) is 17.0. The third kappa shape index (κ3) is 6.96. The van der Waals surface area contributed by atoms with Gasteiger partial charge in [0.15, 0.2) is 0 Å². The highest BCUT2D eigenvalue weighted by Crippen LogP contribution is 2.24. The molecular weight excluding hydrogens is 506 g/mol. The van der Waals surface area contributed by atoms with Crippen LogP contribution < -0.4 is 19.5 Å². The number of sulfonamides is 2. The first-order valence-corrected chi connectivity index (χ1v) is 14.7. The number of carbonyl (C=O) groups is 1. The summed E-state index contributed by atoms with van der Waals surface area (Å²) < 4.78 is 65.6. The zero-order chi connectivity index (χ0) is 26.3. The highest BCUT2D eigenvalue weighted by molar-refractivity contribution is 7.89. The molecule has 1 fully saturated rings. The van der Waals surface area contributed by atoms with E-state index in [9.17, 15) is 21.6 Å². The molecule has 1 saturated heterocycles. The zero-order valence-corrected chi connectivity index (χ0v) is 22.3. The van der Waals surface area contributed by atoms with E-state index in [4.69, 9.17) is 9.47 Å². The van der Waals surface area contributed by atoms with Gasteiger partial charge in [0.25, 0.3) is 5.91 Å². The van der Waals surface area contributed by atoms with E-state index in [1.807, 2.05) is 0 Å². The lowest BCUT2D eigenvalue weighted by Gasteiger charge is -2.25. The third-order valence-corrected chi connectivity index (χ3v) is 8.96. The topological polar surface area (TPSA) is 131 Å². The summed E-state index contributed by atoms with van der Waals surface area (Å²) in [6, 6.07) is 10.0. The maximum atomic E-state index is 12.7. The van der Waals surface area contributed by atoms with Gasteiger partial charge in [-0.2, -0.15) is 4.31 Å². The smallest absolute Gasteiger partial charge is 0.255 e. The summed E-state index contributed by atoms with van der Waals surface area (Å²) in [5, 5.41) is 2.72. The van der Waals surface area contributed by atoms with Gasteiger partial charge in [0.1, 0.15) is 18.1 Å². The number of piperidine rings is 1. The predicted molar refractivity (Wildman–Crippen MR) is 135 cm³/mol. The van der Waals surface area contributed by atoms with E-state index >= 15 is 0 Å². The Morgan fingerprint density at radius 3 is 2.22 bits per heavy atom. The number of nitrogens with zero attached hydrogens (tertiary/aromatic N) is 1. The van der Waals surface area contributed by atoms with E-state index < -0.39 is 26.0 Å². The van der Waals surface area contributed by atoms with Gasteiger partial charge in [-0.1, -0.05) is 6.42 Å². The van der Waals surface area contributed by atoms with Crippen molar-refractivity contribution in [2.24, 2.45) is 0 Å². The van der Waals surface area contributed by atoms with Crippen molar-refractivity contribution in [3.05, 3.63) is 48.0 Å². The van der Waals surface area contributed by atoms with Gasteiger partial charge < -0.3 is 14.8 Å². The summed E-state index contributed by atoms with van der Waals surface area (Å²) in [6.07, 6.45) is 2.76. The molecule has 12 heteroatoms. The van der Waals surface area contributed by atoms with Crippen LogP contribution in [0.4, 0.5) is 0 Å². The molecule has 0 spiro atoms. The minimum atomic E-state index is -3.91. The van der Waals surface area contributed by atoms with Gasteiger partial charge in [-0.05, 0) is 69.2 Å². The minimum Gasteiger partial charge on any atom is -0.496 e. The van der Waals surface area contributed by atoms with Crippen LogP contribution in [-0.2, 0) is 20.0 Å². The van der Waals surface area contributed by atoms with Gasteiger partial charge in [-0.25, -0.2) is 21.6 Å². The van der Waals surface area contributed by atoms with Crippen molar-refractivity contribution in [3.63, 3.8) is 0 Å². The standard InChI is InChI=1S/C24H33N3O7S2/c1-18(2)26-24(28)22-17-21(11-12-23(22)33-3)35(29,30)25-13-16-34-19-7-9-20(10-8-19)36(31,32)27-14-5-4-6-15-27/h7-12,17-18,25H,4-6,13-16H2,1-3H3,(H,26,28). The second kappa shape index (κ2) is 12.0. The quantitative estimate of drug-likeness (QED) is 0.419. The highest BCUT2D eigenvalue weighted by atomic mass is 32.2. The van der Waals surface area contributed by atoms with Gasteiger partial charge in [-0.15, -0.1) is 0 Å². The van der Waals surface area contributed by atoms with Crippen LogP contribution in [0, 0.1) is 0 Å². The number of nitrogens with one attached hydrogen (secondary N) is 2. The van der Waals surface area contributed by atoms with E-state index in [1.165, 1.54) is 41.7 Å². The molecule has 0 atom stereocenters. The second-order valence-corrected chi connectivity index (χ2v) is 12.4. The largest absolute Gasteiger partial charge is 0.496 e. The van der Waals surface area contributed by atoms with Crippen molar-refractivity contribution in [2.45, 2.75) is 48.9 Å². The molecule has 1 amide bonds. The number of rotatable bonds is 11. The summed E-state index contributed by atoms with van der Waals surface area (Å²) in [5.74, 6) is 0.248. The number of hydrogen-bond donors (Lipinski definition) is 2. The molecule has 36 heavy (non-hydrogen) atoms. The van der Waals surface area contributed by atoms with Gasteiger partial charge in [0, 0.05) is 25.7 Å². The highest BCUT2D eigenvalue weighted by Gasteiger charge is 2.26. The SMILES string of the molecule is COc1ccc(S(=O)(=O)NCCOc2ccc(S(=O)(=O)N3CCCCC3)cc2)cc1C(=O)NC(C)C. The van der Waals surface area contributed by atoms with Crippen LogP contribution in [0.5, 0.6) is 11.5 Å². The molecule has 198 valence electrons. The molecule has 10 nitrogen and oxygen atoms in total.